The van der Waals surface area contributed by atoms with Crippen LogP contribution in [-0.2, 0) is 9.22 Å². The summed E-state index contributed by atoms with van der Waals surface area (Å²) in [6.45, 7) is 8.26. The molecule has 0 spiro atoms. The van der Waals surface area contributed by atoms with Crippen molar-refractivity contribution in [2.45, 2.75) is 94.7 Å². The van der Waals surface area contributed by atoms with Gasteiger partial charge >= 0.3 is 5.97 Å². The zero-order valence-electron chi connectivity index (χ0n) is 13.9. The first-order valence-corrected chi connectivity index (χ1v) is 11.1. The van der Waals surface area contributed by atoms with Gasteiger partial charge in [-0.1, -0.05) is 59.0 Å². The average molecular weight is 309 g/mol. The van der Waals surface area contributed by atoms with Gasteiger partial charge in [-0.25, -0.2) is 4.79 Å². The summed E-state index contributed by atoms with van der Waals surface area (Å²) in [5.74, 6) is -0.161. The molecule has 0 aromatic carbocycles. The lowest BCUT2D eigenvalue weighted by molar-refractivity contribution is -0.130. The van der Waals surface area contributed by atoms with Crippen molar-refractivity contribution in [3.05, 3.63) is 12.7 Å². The van der Waals surface area contributed by atoms with Crippen LogP contribution in [0.4, 0.5) is 0 Å². The van der Waals surface area contributed by atoms with Crippen LogP contribution in [-0.4, -0.2) is 14.3 Å². The van der Waals surface area contributed by atoms with Crippen LogP contribution in [0.15, 0.2) is 12.7 Å². The molecule has 0 saturated heterocycles. The lowest BCUT2D eigenvalue weighted by Crippen LogP contribution is -2.53. The zero-order chi connectivity index (χ0) is 15.3. The van der Waals surface area contributed by atoms with Gasteiger partial charge in [0, 0.05) is 6.08 Å². The first-order valence-electron chi connectivity index (χ1n) is 8.96. The van der Waals surface area contributed by atoms with E-state index in [1.807, 2.05) is 0 Å². The standard InChI is InChI=1S/C18H32O2Si/c1-4-18(19)20-21(15(2)3,16-11-7-5-8-12-16)17-13-9-6-10-14-17/h4,15-17H,1,5-14H2,2-3H3. The zero-order valence-corrected chi connectivity index (χ0v) is 14.9. The summed E-state index contributed by atoms with van der Waals surface area (Å²) in [4.78, 5) is 12.1. The Balaban J connectivity index is 2.31. The molecule has 0 aliphatic heterocycles. The molecule has 2 aliphatic carbocycles. The fourth-order valence-corrected chi connectivity index (χ4v) is 11.1. The minimum absolute atomic E-state index is 0.161. The highest BCUT2D eigenvalue weighted by molar-refractivity contribution is 6.79. The maximum absolute atomic E-state index is 12.1. The van der Waals surface area contributed by atoms with Crippen LogP contribution in [0, 0.1) is 0 Å². The second-order valence-electron chi connectivity index (χ2n) is 7.30. The SMILES string of the molecule is C=CC(=O)O[Si](C(C)C)(C1CCCCC1)C1CCCCC1. The van der Waals surface area contributed by atoms with Gasteiger partial charge in [0.05, 0.1) is 0 Å². The van der Waals surface area contributed by atoms with Gasteiger partial charge < -0.3 is 4.43 Å². The molecule has 2 saturated carbocycles. The van der Waals surface area contributed by atoms with Crippen molar-refractivity contribution >= 4 is 14.3 Å². The maximum atomic E-state index is 12.1. The van der Waals surface area contributed by atoms with Gasteiger partial charge in [0.2, 0.25) is 0 Å². The average Bonchev–Trinajstić information content (AvgIpc) is 2.53. The molecule has 0 unspecified atom stereocenters. The van der Waals surface area contributed by atoms with Crippen molar-refractivity contribution in [1.82, 2.24) is 0 Å². The highest BCUT2D eigenvalue weighted by Crippen LogP contribution is 2.53. The molecule has 0 amide bonds. The van der Waals surface area contributed by atoms with Crippen LogP contribution in [0.2, 0.25) is 16.6 Å². The fraction of sp³-hybridized carbons (Fsp3) is 0.833. The Hall–Kier alpha value is -0.573. The molecule has 2 rings (SSSR count). The van der Waals surface area contributed by atoms with Gasteiger partial charge in [-0.3, -0.25) is 0 Å². The van der Waals surface area contributed by atoms with E-state index in [0.717, 1.165) is 0 Å². The van der Waals surface area contributed by atoms with Crippen LogP contribution >= 0.6 is 0 Å². The minimum Gasteiger partial charge on any atom is -0.515 e. The first-order chi connectivity index (χ1) is 10.1. The Morgan fingerprint density at radius 2 is 1.43 bits per heavy atom. The van der Waals surface area contributed by atoms with Crippen molar-refractivity contribution < 1.29 is 9.22 Å². The molecule has 3 heteroatoms. The molecule has 0 atom stereocenters. The van der Waals surface area contributed by atoms with Gasteiger partial charge in [-0.05, 0) is 42.3 Å². The molecule has 0 N–H and O–H groups in total. The fourth-order valence-electron chi connectivity index (χ4n) is 4.88. The highest BCUT2D eigenvalue weighted by atomic mass is 28.4. The van der Waals surface area contributed by atoms with Crippen molar-refractivity contribution in [3.8, 4) is 0 Å². The summed E-state index contributed by atoms with van der Waals surface area (Å²) in [5.41, 5.74) is 1.88. The van der Waals surface area contributed by atoms with E-state index in [2.05, 4.69) is 20.4 Å². The Labute approximate surface area is 131 Å². The van der Waals surface area contributed by atoms with Crippen molar-refractivity contribution in [2.75, 3.05) is 0 Å². The quantitative estimate of drug-likeness (QED) is 0.478. The van der Waals surface area contributed by atoms with E-state index < -0.39 is 8.32 Å². The van der Waals surface area contributed by atoms with E-state index in [1.54, 1.807) is 0 Å². The molecule has 2 aliphatic rings. The van der Waals surface area contributed by atoms with Gasteiger partial charge in [0.25, 0.3) is 8.32 Å². The molecule has 2 fully saturated rings. The van der Waals surface area contributed by atoms with Crippen molar-refractivity contribution in [3.63, 3.8) is 0 Å². The molecule has 0 bridgehead atoms. The summed E-state index contributed by atoms with van der Waals surface area (Å²) in [7, 11) is -2.08. The molecular weight excluding hydrogens is 276 g/mol. The molecule has 0 radical (unpaired) electrons. The second-order valence-corrected chi connectivity index (χ2v) is 12.0. The van der Waals surface area contributed by atoms with Crippen LogP contribution in [0.1, 0.15) is 78.1 Å². The second kappa shape index (κ2) is 7.62. The van der Waals surface area contributed by atoms with Crippen molar-refractivity contribution in [2.24, 2.45) is 0 Å². The normalized spacial score (nSPS) is 22.2. The summed E-state index contributed by atoms with van der Waals surface area (Å²) < 4.78 is 6.31. The largest absolute Gasteiger partial charge is 0.515 e. The Morgan fingerprint density at radius 3 is 1.76 bits per heavy atom. The lowest BCUT2D eigenvalue weighted by Gasteiger charge is -2.48. The van der Waals surface area contributed by atoms with Gasteiger partial charge in [-0.15, -0.1) is 0 Å². The Morgan fingerprint density at radius 1 is 1.00 bits per heavy atom. The third-order valence-electron chi connectivity index (χ3n) is 5.83. The van der Waals surface area contributed by atoms with E-state index in [1.165, 1.54) is 70.3 Å². The molecular formula is C18H32O2Si. The van der Waals surface area contributed by atoms with Crippen LogP contribution in [0.25, 0.3) is 0 Å². The van der Waals surface area contributed by atoms with Crippen molar-refractivity contribution in [1.29, 1.82) is 0 Å². The number of carbonyl (C=O) groups is 1. The predicted octanol–water partition coefficient (Wildman–Crippen LogP) is 5.74. The Kier molecular flexibility index (Phi) is 6.09. The molecule has 0 aromatic heterocycles. The molecule has 2 nitrogen and oxygen atoms in total. The third kappa shape index (κ3) is 3.61. The molecule has 120 valence electrons. The molecule has 21 heavy (non-hydrogen) atoms. The van der Waals surface area contributed by atoms with E-state index in [4.69, 9.17) is 4.43 Å². The topological polar surface area (TPSA) is 26.3 Å². The van der Waals surface area contributed by atoms with Crippen LogP contribution in [0.3, 0.4) is 0 Å². The van der Waals surface area contributed by atoms with Gasteiger partial charge in [0.15, 0.2) is 0 Å². The van der Waals surface area contributed by atoms with E-state index >= 15 is 0 Å². The smallest absolute Gasteiger partial charge is 0.316 e. The Bertz CT molecular complexity index is 334. The summed E-state index contributed by atoms with van der Waals surface area (Å²) in [6.07, 6.45) is 14.5. The highest BCUT2D eigenvalue weighted by Gasteiger charge is 2.54. The van der Waals surface area contributed by atoms with Gasteiger partial charge in [-0.2, -0.15) is 0 Å². The van der Waals surface area contributed by atoms with E-state index in [-0.39, 0.29) is 5.97 Å². The van der Waals surface area contributed by atoms with Crippen LogP contribution < -0.4 is 0 Å². The van der Waals surface area contributed by atoms with Crippen LogP contribution in [0.5, 0.6) is 0 Å². The first kappa shape index (κ1) is 16.8. The third-order valence-corrected chi connectivity index (χ3v) is 11.9. The monoisotopic (exact) mass is 308 g/mol. The predicted molar refractivity (Wildman–Crippen MR) is 90.8 cm³/mol. The summed E-state index contributed by atoms with van der Waals surface area (Å²) >= 11 is 0. The number of carbonyl (C=O) groups excluding carboxylic acids is 1. The van der Waals surface area contributed by atoms with E-state index in [0.29, 0.717) is 16.6 Å². The summed E-state index contributed by atoms with van der Waals surface area (Å²) in [5, 5.41) is 0. The van der Waals surface area contributed by atoms with E-state index in [9.17, 15) is 4.79 Å². The minimum atomic E-state index is -2.08. The number of rotatable bonds is 5. The summed E-state index contributed by atoms with van der Waals surface area (Å²) in [6, 6.07) is 0. The lowest BCUT2D eigenvalue weighted by atomic mass is 9.99. The molecule has 0 aromatic rings. The maximum Gasteiger partial charge on any atom is 0.316 e. The number of hydrogen-bond acceptors (Lipinski definition) is 2. The molecule has 0 heterocycles. The van der Waals surface area contributed by atoms with Gasteiger partial charge in [0.1, 0.15) is 0 Å². The number of hydrogen-bond donors (Lipinski definition) is 0.